The lowest BCUT2D eigenvalue weighted by Crippen LogP contribution is -2.32. The Morgan fingerprint density at radius 2 is 2.20 bits per heavy atom. The molecule has 0 bridgehead atoms. The van der Waals surface area contributed by atoms with Crippen LogP contribution < -0.4 is 0 Å². The standard InChI is InChI=1S/C13H19NO/c1-3-13(15-4-2,11-8-9-11)12-7-5-6-10-14-12/h5-7,10-11H,3-4,8-9H2,1-2H3. The zero-order chi connectivity index (χ0) is 10.7. The molecule has 2 rings (SSSR count). The van der Waals surface area contributed by atoms with E-state index < -0.39 is 0 Å². The van der Waals surface area contributed by atoms with Gasteiger partial charge < -0.3 is 4.74 Å². The molecule has 2 heteroatoms. The smallest absolute Gasteiger partial charge is 0.112 e. The number of rotatable bonds is 5. The number of pyridine rings is 1. The Kier molecular flexibility index (Phi) is 3.06. The van der Waals surface area contributed by atoms with Crippen LogP contribution in [-0.2, 0) is 10.3 Å². The van der Waals surface area contributed by atoms with Gasteiger partial charge >= 0.3 is 0 Å². The van der Waals surface area contributed by atoms with Gasteiger partial charge in [0.2, 0.25) is 0 Å². The predicted molar refractivity (Wildman–Crippen MR) is 60.6 cm³/mol. The minimum absolute atomic E-state index is 0.115. The molecule has 0 aliphatic heterocycles. The lowest BCUT2D eigenvalue weighted by Gasteiger charge is -2.32. The van der Waals surface area contributed by atoms with Crippen LogP contribution in [0.1, 0.15) is 38.8 Å². The van der Waals surface area contributed by atoms with Crippen LogP contribution in [0.5, 0.6) is 0 Å². The molecule has 0 spiro atoms. The molecule has 0 radical (unpaired) electrons. The third kappa shape index (κ3) is 1.91. The van der Waals surface area contributed by atoms with Crippen LogP contribution >= 0.6 is 0 Å². The molecule has 1 saturated carbocycles. The fourth-order valence-electron chi connectivity index (χ4n) is 2.39. The van der Waals surface area contributed by atoms with Crippen molar-refractivity contribution in [2.45, 2.75) is 38.7 Å². The van der Waals surface area contributed by atoms with Crippen molar-refractivity contribution in [3.05, 3.63) is 30.1 Å². The highest BCUT2D eigenvalue weighted by molar-refractivity contribution is 5.17. The van der Waals surface area contributed by atoms with Gasteiger partial charge in [-0.15, -0.1) is 0 Å². The third-order valence-electron chi connectivity index (χ3n) is 3.26. The Labute approximate surface area is 91.7 Å². The van der Waals surface area contributed by atoms with E-state index in [4.69, 9.17) is 4.74 Å². The van der Waals surface area contributed by atoms with Crippen LogP contribution in [0.4, 0.5) is 0 Å². The van der Waals surface area contributed by atoms with Gasteiger partial charge in [0.05, 0.1) is 5.69 Å². The predicted octanol–water partition coefficient (Wildman–Crippen LogP) is 3.13. The average molecular weight is 205 g/mol. The fourth-order valence-corrected chi connectivity index (χ4v) is 2.39. The van der Waals surface area contributed by atoms with Gasteiger partial charge in [0.15, 0.2) is 0 Å². The van der Waals surface area contributed by atoms with E-state index in [2.05, 4.69) is 24.9 Å². The highest BCUT2D eigenvalue weighted by Gasteiger charge is 2.46. The van der Waals surface area contributed by atoms with Crippen LogP contribution in [0.15, 0.2) is 24.4 Å². The maximum Gasteiger partial charge on any atom is 0.112 e. The summed E-state index contributed by atoms with van der Waals surface area (Å²) in [5.41, 5.74) is 0.993. The molecule has 0 N–H and O–H groups in total. The summed E-state index contributed by atoms with van der Waals surface area (Å²) in [4.78, 5) is 4.48. The summed E-state index contributed by atoms with van der Waals surface area (Å²) in [5.74, 6) is 0.678. The number of hydrogen-bond donors (Lipinski definition) is 0. The fraction of sp³-hybridized carbons (Fsp3) is 0.615. The minimum atomic E-state index is -0.115. The molecule has 1 fully saturated rings. The van der Waals surface area contributed by atoms with Gasteiger partial charge in [0.25, 0.3) is 0 Å². The molecule has 0 saturated heterocycles. The van der Waals surface area contributed by atoms with Gasteiger partial charge in [-0.2, -0.15) is 0 Å². The zero-order valence-corrected chi connectivity index (χ0v) is 9.57. The van der Waals surface area contributed by atoms with E-state index in [1.54, 1.807) is 0 Å². The first kappa shape index (κ1) is 10.6. The Balaban J connectivity index is 2.31. The van der Waals surface area contributed by atoms with Crippen LogP contribution in [-0.4, -0.2) is 11.6 Å². The van der Waals surface area contributed by atoms with E-state index in [0.29, 0.717) is 5.92 Å². The molecule has 2 nitrogen and oxygen atoms in total. The highest BCUT2D eigenvalue weighted by atomic mass is 16.5. The molecule has 0 aromatic carbocycles. The Bertz CT molecular complexity index is 308. The van der Waals surface area contributed by atoms with Crippen molar-refractivity contribution in [3.8, 4) is 0 Å². The second-order valence-electron chi connectivity index (χ2n) is 4.17. The third-order valence-corrected chi connectivity index (χ3v) is 3.26. The maximum atomic E-state index is 6.03. The highest BCUT2D eigenvalue weighted by Crippen LogP contribution is 2.49. The van der Waals surface area contributed by atoms with Crippen LogP contribution in [0.3, 0.4) is 0 Å². The van der Waals surface area contributed by atoms with E-state index in [0.717, 1.165) is 18.7 Å². The summed E-state index contributed by atoms with van der Waals surface area (Å²) in [6, 6.07) is 6.11. The van der Waals surface area contributed by atoms with E-state index >= 15 is 0 Å². The van der Waals surface area contributed by atoms with Crippen molar-refractivity contribution >= 4 is 0 Å². The molecular formula is C13H19NO. The largest absolute Gasteiger partial charge is 0.369 e. The van der Waals surface area contributed by atoms with Gasteiger partial charge in [-0.1, -0.05) is 13.0 Å². The van der Waals surface area contributed by atoms with Crippen molar-refractivity contribution in [2.75, 3.05) is 6.61 Å². The molecule has 1 atom stereocenters. The van der Waals surface area contributed by atoms with E-state index in [1.807, 2.05) is 18.3 Å². The average Bonchev–Trinajstić information content (AvgIpc) is 3.11. The van der Waals surface area contributed by atoms with Gasteiger partial charge in [0, 0.05) is 12.8 Å². The quantitative estimate of drug-likeness (QED) is 0.736. The molecule has 1 heterocycles. The topological polar surface area (TPSA) is 22.1 Å². The molecular weight excluding hydrogens is 186 g/mol. The summed E-state index contributed by atoms with van der Waals surface area (Å²) in [7, 11) is 0. The first-order valence-electron chi connectivity index (χ1n) is 5.89. The lowest BCUT2D eigenvalue weighted by molar-refractivity contribution is -0.0685. The molecule has 15 heavy (non-hydrogen) atoms. The van der Waals surface area contributed by atoms with Crippen LogP contribution in [0, 0.1) is 5.92 Å². The lowest BCUT2D eigenvalue weighted by atomic mass is 9.90. The van der Waals surface area contributed by atoms with Crippen LogP contribution in [0.25, 0.3) is 0 Å². The van der Waals surface area contributed by atoms with Gasteiger partial charge in [-0.05, 0) is 44.2 Å². The molecule has 1 aliphatic carbocycles. The van der Waals surface area contributed by atoms with Crippen molar-refractivity contribution < 1.29 is 4.74 Å². The molecule has 1 aromatic rings. The first-order chi connectivity index (χ1) is 7.33. The Morgan fingerprint density at radius 1 is 1.40 bits per heavy atom. The number of hydrogen-bond acceptors (Lipinski definition) is 2. The van der Waals surface area contributed by atoms with E-state index in [-0.39, 0.29) is 5.60 Å². The van der Waals surface area contributed by atoms with Crippen molar-refractivity contribution in [3.63, 3.8) is 0 Å². The molecule has 1 unspecified atom stereocenters. The molecule has 0 amide bonds. The van der Waals surface area contributed by atoms with Gasteiger partial charge in [-0.3, -0.25) is 4.98 Å². The number of nitrogens with zero attached hydrogens (tertiary/aromatic N) is 1. The summed E-state index contributed by atoms with van der Waals surface area (Å²) in [6.07, 6.45) is 5.44. The summed E-state index contributed by atoms with van der Waals surface area (Å²) in [6.45, 7) is 5.03. The zero-order valence-electron chi connectivity index (χ0n) is 9.57. The first-order valence-corrected chi connectivity index (χ1v) is 5.89. The van der Waals surface area contributed by atoms with Gasteiger partial charge in [0.1, 0.15) is 5.60 Å². The van der Waals surface area contributed by atoms with Crippen molar-refractivity contribution in [1.82, 2.24) is 4.98 Å². The summed E-state index contributed by atoms with van der Waals surface area (Å²) < 4.78 is 6.03. The minimum Gasteiger partial charge on any atom is -0.369 e. The maximum absolute atomic E-state index is 6.03. The Morgan fingerprint density at radius 3 is 2.67 bits per heavy atom. The van der Waals surface area contributed by atoms with Crippen molar-refractivity contribution in [2.24, 2.45) is 5.92 Å². The Hall–Kier alpha value is -0.890. The monoisotopic (exact) mass is 205 g/mol. The second kappa shape index (κ2) is 4.31. The summed E-state index contributed by atoms with van der Waals surface area (Å²) in [5, 5.41) is 0. The van der Waals surface area contributed by atoms with Crippen LogP contribution in [0.2, 0.25) is 0 Å². The van der Waals surface area contributed by atoms with Gasteiger partial charge in [-0.25, -0.2) is 0 Å². The van der Waals surface area contributed by atoms with E-state index in [9.17, 15) is 0 Å². The second-order valence-corrected chi connectivity index (χ2v) is 4.17. The summed E-state index contributed by atoms with van der Waals surface area (Å²) >= 11 is 0. The van der Waals surface area contributed by atoms with Crippen molar-refractivity contribution in [1.29, 1.82) is 0 Å². The number of ether oxygens (including phenoxy) is 1. The number of aromatic nitrogens is 1. The molecule has 1 aromatic heterocycles. The van der Waals surface area contributed by atoms with E-state index in [1.165, 1.54) is 12.8 Å². The molecule has 1 aliphatic rings. The normalized spacial score (nSPS) is 19.9. The molecule has 82 valence electrons. The SMILES string of the molecule is CCOC(CC)(c1ccccn1)C1CC1.